The van der Waals surface area contributed by atoms with E-state index in [2.05, 4.69) is 5.73 Å². The molecule has 0 fully saturated rings. The number of allylic oxidation sites excluding steroid dienone is 2. The molecule has 2 N–H and O–H groups in total. The van der Waals surface area contributed by atoms with Crippen LogP contribution in [0.15, 0.2) is 11.8 Å². The van der Waals surface area contributed by atoms with Crippen LogP contribution in [0, 0.1) is 0 Å². The number of ketones is 1. The molecule has 0 aliphatic heterocycles. The average molecular weight is 153 g/mol. The van der Waals surface area contributed by atoms with Crippen molar-refractivity contribution in [3.8, 4) is 0 Å². The number of carbonyl (C=O) groups excluding carboxylic acids is 1. The Balaban J connectivity index is 4.35. The summed E-state index contributed by atoms with van der Waals surface area (Å²) in [5.74, 6) is -0.713. The topological polar surface area (TPSA) is 43.1 Å². The second-order valence-corrected chi connectivity index (χ2v) is 1.71. The van der Waals surface area contributed by atoms with E-state index in [9.17, 15) is 18.0 Å². The molecule has 0 aliphatic rings. The van der Waals surface area contributed by atoms with Crippen molar-refractivity contribution >= 4 is 5.78 Å². The first-order valence-corrected chi connectivity index (χ1v) is 2.39. The highest BCUT2D eigenvalue weighted by atomic mass is 19.4. The maximum atomic E-state index is 11.5. The van der Waals surface area contributed by atoms with Gasteiger partial charge in [-0.2, -0.15) is 13.2 Å². The Morgan fingerprint density at radius 1 is 1.50 bits per heavy atom. The number of hydrogen-bond acceptors (Lipinski definition) is 2. The minimum absolute atomic E-state index is 0.347. The lowest BCUT2D eigenvalue weighted by Gasteiger charge is -2.03. The molecular weight excluding hydrogens is 147 g/mol. The van der Waals surface area contributed by atoms with Crippen molar-refractivity contribution < 1.29 is 18.0 Å². The molecule has 0 aliphatic carbocycles. The first kappa shape index (κ1) is 9.00. The van der Waals surface area contributed by atoms with Crippen molar-refractivity contribution in [2.75, 3.05) is 0 Å². The van der Waals surface area contributed by atoms with Crippen LogP contribution >= 0.6 is 0 Å². The van der Waals surface area contributed by atoms with Crippen LogP contribution in [0.2, 0.25) is 0 Å². The number of alkyl halides is 3. The largest absolute Gasteiger partial charge is 0.430 e. The summed E-state index contributed by atoms with van der Waals surface area (Å²) >= 11 is 0. The van der Waals surface area contributed by atoms with E-state index in [1.165, 1.54) is 0 Å². The fraction of sp³-hybridized carbons (Fsp3) is 0.400. The van der Waals surface area contributed by atoms with Gasteiger partial charge in [-0.3, -0.25) is 4.79 Å². The summed E-state index contributed by atoms with van der Waals surface area (Å²) in [6.45, 7) is 0.999. The molecule has 5 heteroatoms. The van der Waals surface area contributed by atoms with Crippen molar-refractivity contribution in [3.05, 3.63) is 11.8 Å². The zero-order chi connectivity index (χ0) is 8.36. The smallest absolute Gasteiger partial charge is 0.395 e. The van der Waals surface area contributed by atoms with Gasteiger partial charge in [0.05, 0.1) is 0 Å². The first-order chi connectivity index (χ1) is 4.34. The van der Waals surface area contributed by atoms with Crippen LogP contribution in [0.3, 0.4) is 0 Å². The van der Waals surface area contributed by atoms with Gasteiger partial charge in [-0.15, -0.1) is 0 Å². The van der Waals surface area contributed by atoms with Crippen molar-refractivity contribution in [2.24, 2.45) is 5.73 Å². The van der Waals surface area contributed by atoms with Gasteiger partial charge in [0.15, 0.2) is 5.78 Å². The molecule has 0 aromatic rings. The molecule has 0 bridgehead atoms. The van der Waals surface area contributed by atoms with Gasteiger partial charge in [-0.1, -0.05) is 0 Å². The van der Waals surface area contributed by atoms with Crippen LogP contribution in [-0.4, -0.2) is 12.0 Å². The first-order valence-electron chi connectivity index (χ1n) is 2.39. The standard InChI is InChI=1S/C5H6F3NO/c1-3(10)2-4(9)5(6,7)8/h2H,9H2,1H3/b4-2+. The van der Waals surface area contributed by atoms with E-state index < -0.39 is 17.7 Å². The minimum Gasteiger partial charge on any atom is -0.395 e. The van der Waals surface area contributed by atoms with E-state index in [0.717, 1.165) is 6.92 Å². The minimum atomic E-state index is -4.59. The van der Waals surface area contributed by atoms with Gasteiger partial charge in [0, 0.05) is 6.08 Å². The molecule has 10 heavy (non-hydrogen) atoms. The lowest BCUT2D eigenvalue weighted by atomic mass is 10.3. The second-order valence-electron chi connectivity index (χ2n) is 1.71. The SMILES string of the molecule is CC(=O)/C=C(/N)C(F)(F)F. The maximum Gasteiger partial charge on any atom is 0.430 e. The van der Waals surface area contributed by atoms with Crippen molar-refractivity contribution in [2.45, 2.75) is 13.1 Å². The molecule has 2 nitrogen and oxygen atoms in total. The van der Waals surface area contributed by atoms with Gasteiger partial charge < -0.3 is 5.73 Å². The van der Waals surface area contributed by atoms with E-state index in [1.807, 2.05) is 0 Å². The highest BCUT2D eigenvalue weighted by Gasteiger charge is 2.31. The molecule has 0 aromatic carbocycles. The van der Waals surface area contributed by atoms with Gasteiger partial charge >= 0.3 is 6.18 Å². The van der Waals surface area contributed by atoms with Gasteiger partial charge in [0.25, 0.3) is 0 Å². The predicted molar refractivity (Wildman–Crippen MR) is 29.0 cm³/mol. The van der Waals surface area contributed by atoms with E-state index in [-0.39, 0.29) is 0 Å². The number of hydrogen-bond donors (Lipinski definition) is 1. The van der Waals surface area contributed by atoms with Crippen molar-refractivity contribution in [3.63, 3.8) is 0 Å². The molecule has 0 heterocycles. The molecule has 58 valence electrons. The third-order valence-corrected chi connectivity index (χ3v) is 0.686. The lowest BCUT2D eigenvalue weighted by molar-refractivity contribution is -0.114. The lowest BCUT2D eigenvalue weighted by Crippen LogP contribution is -2.20. The summed E-state index contributed by atoms with van der Waals surface area (Å²) in [7, 11) is 0. The maximum absolute atomic E-state index is 11.5. The Bertz CT molecular complexity index is 170. The third kappa shape index (κ3) is 3.11. The molecule has 0 unspecified atom stereocenters. The Morgan fingerprint density at radius 2 is 1.90 bits per heavy atom. The molecular formula is C5H6F3NO. The normalized spacial score (nSPS) is 13.4. The van der Waals surface area contributed by atoms with E-state index in [1.54, 1.807) is 0 Å². The number of rotatable bonds is 1. The van der Waals surface area contributed by atoms with Crippen LogP contribution in [0.4, 0.5) is 13.2 Å². The van der Waals surface area contributed by atoms with Gasteiger partial charge in [0.1, 0.15) is 5.70 Å². The predicted octanol–water partition coefficient (Wildman–Crippen LogP) is 0.980. The fourth-order valence-corrected chi connectivity index (χ4v) is 0.301. The quantitative estimate of drug-likeness (QED) is 0.570. The number of halogens is 3. The summed E-state index contributed by atoms with van der Waals surface area (Å²) in [5.41, 5.74) is 3.11. The Labute approximate surface area is 55.5 Å². The molecule has 0 radical (unpaired) electrons. The summed E-state index contributed by atoms with van der Waals surface area (Å²) in [5, 5.41) is 0. The van der Waals surface area contributed by atoms with Gasteiger partial charge in [-0.05, 0) is 6.92 Å². The molecule has 0 spiro atoms. The molecule has 0 saturated carbocycles. The zero-order valence-corrected chi connectivity index (χ0v) is 5.20. The summed E-state index contributed by atoms with van der Waals surface area (Å²) in [6, 6.07) is 0. The molecule has 0 rings (SSSR count). The highest BCUT2D eigenvalue weighted by molar-refractivity contribution is 5.87. The fourth-order valence-electron chi connectivity index (χ4n) is 0.301. The molecule has 0 saturated heterocycles. The van der Waals surface area contributed by atoms with E-state index in [0.29, 0.717) is 6.08 Å². The van der Waals surface area contributed by atoms with Crippen LogP contribution < -0.4 is 5.73 Å². The Hall–Kier alpha value is -1.00. The van der Waals surface area contributed by atoms with Crippen LogP contribution in [0.25, 0.3) is 0 Å². The average Bonchev–Trinajstić information content (AvgIpc) is 1.60. The summed E-state index contributed by atoms with van der Waals surface area (Å²) < 4.78 is 34.4. The number of nitrogens with two attached hydrogens (primary N) is 1. The van der Waals surface area contributed by atoms with Crippen LogP contribution in [-0.2, 0) is 4.79 Å². The Kier molecular flexibility index (Phi) is 2.45. The molecule has 0 amide bonds. The van der Waals surface area contributed by atoms with E-state index >= 15 is 0 Å². The van der Waals surface area contributed by atoms with Crippen LogP contribution in [0.5, 0.6) is 0 Å². The van der Waals surface area contributed by atoms with E-state index in [4.69, 9.17) is 0 Å². The number of carbonyl (C=O) groups is 1. The van der Waals surface area contributed by atoms with Crippen molar-refractivity contribution in [1.29, 1.82) is 0 Å². The Morgan fingerprint density at radius 3 is 2.00 bits per heavy atom. The molecule has 0 atom stereocenters. The summed E-state index contributed by atoms with van der Waals surface area (Å²) in [6.07, 6.45) is -4.24. The van der Waals surface area contributed by atoms with Gasteiger partial charge in [-0.25, -0.2) is 0 Å². The van der Waals surface area contributed by atoms with Crippen LogP contribution in [0.1, 0.15) is 6.92 Å². The molecule has 0 aromatic heterocycles. The zero-order valence-electron chi connectivity index (χ0n) is 5.20. The second kappa shape index (κ2) is 2.72. The van der Waals surface area contributed by atoms with Crippen molar-refractivity contribution in [1.82, 2.24) is 0 Å². The monoisotopic (exact) mass is 153 g/mol. The highest BCUT2D eigenvalue weighted by Crippen LogP contribution is 2.20. The third-order valence-electron chi connectivity index (χ3n) is 0.686. The summed E-state index contributed by atoms with van der Waals surface area (Å²) in [4.78, 5) is 10.0. The van der Waals surface area contributed by atoms with Gasteiger partial charge in [0.2, 0.25) is 0 Å².